The Labute approximate surface area is 216 Å². The second-order valence-corrected chi connectivity index (χ2v) is 7.27. The van der Waals surface area contributed by atoms with Gasteiger partial charge in [-0.15, -0.1) is 0 Å². The molecule has 0 fully saturated rings. The molecule has 196 valence electrons. The Morgan fingerprint density at radius 2 is 1.42 bits per heavy atom. The van der Waals surface area contributed by atoms with Crippen LogP contribution in [0.5, 0.6) is 0 Å². The molecule has 0 spiro atoms. The summed E-state index contributed by atoms with van der Waals surface area (Å²) in [5, 5.41) is 37.2. The lowest BCUT2D eigenvalue weighted by Crippen LogP contribution is -2.07. The Balaban J connectivity index is 0.000000264. The Hall–Kier alpha value is -5.52. The van der Waals surface area contributed by atoms with Crippen LogP contribution in [0.1, 0.15) is 5.56 Å². The van der Waals surface area contributed by atoms with Crippen molar-refractivity contribution in [1.82, 2.24) is 9.55 Å². The molecule has 2 aromatic carbocycles. The SMILES string of the molecule is C(=C\Cn1ccnc1)/CN=C1Nc2cccc3cccc1c23.O=C(O)/C=C/C(=O)O.O=C(O)/C=C/C(=O)O. The van der Waals surface area contributed by atoms with Gasteiger partial charge in [0.05, 0.1) is 12.9 Å². The third-order valence-corrected chi connectivity index (χ3v) is 4.55. The van der Waals surface area contributed by atoms with Crippen LogP contribution in [0.4, 0.5) is 5.69 Å². The number of nitrogens with zero attached hydrogens (tertiary/aromatic N) is 3. The number of carboxylic acid groups (broad SMARTS) is 4. The van der Waals surface area contributed by atoms with Crippen LogP contribution >= 0.6 is 0 Å². The normalized spacial score (nSPS) is 12.7. The van der Waals surface area contributed by atoms with Crippen molar-refractivity contribution in [3.8, 4) is 0 Å². The monoisotopic (exact) mass is 520 g/mol. The second-order valence-electron chi connectivity index (χ2n) is 7.27. The molecular weight excluding hydrogens is 496 g/mol. The van der Waals surface area contributed by atoms with Crippen LogP contribution in [0.15, 0.2) is 96.6 Å². The average Bonchev–Trinajstić information content (AvgIpc) is 3.52. The molecular formula is C26H24N4O8. The fraction of sp³-hybridized carbons (Fsp3) is 0.0769. The van der Waals surface area contributed by atoms with Crippen molar-refractivity contribution >= 4 is 46.2 Å². The van der Waals surface area contributed by atoms with Gasteiger partial charge in [0.1, 0.15) is 5.84 Å². The predicted octanol–water partition coefficient (Wildman–Crippen LogP) is 2.89. The molecule has 4 rings (SSSR count). The van der Waals surface area contributed by atoms with Crippen molar-refractivity contribution in [2.75, 3.05) is 11.9 Å². The fourth-order valence-electron chi connectivity index (χ4n) is 3.06. The van der Waals surface area contributed by atoms with Crippen molar-refractivity contribution < 1.29 is 39.6 Å². The first kappa shape index (κ1) is 28.7. The number of aliphatic carboxylic acids is 4. The lowest BCUT2D eigenvalue weighted by Gasteiger charge is -1.99. The molecule has 3 aromatic rings. The molecule has 2 heterocycles. The number of rotatable bonds is 8. The number of aromatic nitrogens is 2. The molecule has 1 aliphatic rings. The third-order valence-electron chi connectivity index (χ3n) is 4.55. The summed E-state index contributed by atoms with van der Waals surface area (Å²) in [6, 6.07) is 12.7. The van der Waals surface area contributed by atoms with E-state index in [9.17, 15) is 19.2 Å². The summed E-state index contributed by atoms with van der Waals surface area (Å²) in [5.41, 5.74) is 2.34. The van der Waals surface area contributed by atoms with Gasteiger partial charge in [-0.1, -0.05) is 42.5 Å². The van der Waals surface area contributed by atoms with E-state index >= 15 is 0 Å². The van der Waals surface area contributed by atoms with Gasteiger partial charge >= 0.3 is 23.9 Å². The summed E-state index contributed by atoms with van der Waals surface area (Å²) >= 11 is 0. The van der Waals surface area contributed by atoms with E-state index in [1.807, 2.05) is 17.1 Å². The van der Waals surface area contributed by atoms with E-state index in [0.29, 0.717) is 30.8 Å². The van der Waals surface area contributed by atoms with Gasteiger partial charge in [0.2, 0.25) is 0 Å². The van der Waals surface area contributed by atoms with Crippen LogP contribution in [-0.2, 0) is 25.7 Å². The zero-order chi connectivity index (χ0) is 27.9. The van der Waals surface area contributed by atoms with Crippen molar-refractivity contribution in [1.29, 1.82) is 0 Å². The van der Waals surface area contributed by atoms with Gasteiger partial charge in [0, 0.05) is 59.9 Å². The van der Waals surface area contributed by atoms with Crippen molar-refractivity contribution in [2.24, 2.45) is 4.99 Å². The van der Waals surface area contributed by atoms with Crippen LogP contribution in [0, 0.1) is 0 Å². The number of carbonyl (C=O) groups is 4. The first-order chi connectivity index (χ1) is 18.2. The molecule has 0 amide bonds. The van der Waals surface area contributed by atoms with Crippen LogP contribution < -0.4 is 5.32 Å². The summed E-state index contributed by atoms with van der Waals surface area (Å²) < 4.78 is 2.02. The van der Waals surface area contributed by atoms with Crippen molar-refractivity contribution in [3.05, 3.63) is 97.1 Å². The maximum Gasteiger partial charge on any atom is 0.328 e. The van der Waals surface area contributed by atoms with E-state index in [-0.39, 0.29) is 0 Å². The Morgan fingerprint density at radius 1 is 0.842 bits per heavy atom. The molecule has 12 nitrogen and oxygen atoms in total. The summed E-state index contributed by atoms with van der Waals surface area (Å²) in [6.07, 6.45) is 12.0. The Kier molecular flexibility index (Phi) is 11.2. The highest BCUT2D eigenvalue weighted by Crippen LogP contribution is 2.32. The standard InChI is InChI=1S/C18H16N4.2C4H4O4/c1(2-11-22-12-10-19-13-22)9-20-18-15-7-3-5-14-6-4-8-16(21-18)17(14)15;2*5-3(6)1-2-4(7)8/h1-8,10,12-13H,9,11H2,(H,20,21);2*1-2H,(H,5,6)(H,7,8)/b3*2-1+. The molecule has 38 heavy (non-hydrogen) atoms. The molecule has 0 bridgehead atoms. The highest BCUT2D eigenvalue weighted by atomic mass is 16.4. The first-order valence-electron chi connectivity index (χ1n) is 10.9. The number of hydrogen-bond acceptors (Lipinski definition) is 6. The molecule has 0 saturated carbocycles. The van der Waals surface area contributed by atoms with E-state index in [1.165, 1.54) is 16.3 Å². The molecule has 0 aliphatic carbocycles. The number of imidazole rings is 1. The zero-order valence-electron chi connectivity index (χ0n) is 19.8. The van der Waals surface area contributed by atoms with Gasteiger partial charge in [-0.2, -0.15) is 0 Å². The highest BCUT2D eigenvalue weighted by Gasteiger charge is 2.18. The summed E-state index contributed by atoms with van der Waals surface area (Å²) in [7, 11) is 0. The van der Waals surface area contributed by atoms with E-state index in [4.69, 9.17) is 20.4 Å². The lowest BCUT2D eigenvalue weighted by molar-refractivity contribution is -0.134. The molecule has 1 aromatic heterocycles. The number of benzene rings is 2. The number of allylic oxidation sites excluding steroid dienone is 1. The summed E-state index contributed by atoms with van der Waals surface area (Å²) in [6.45, 7) is 1.50. The number of nitrogens with one attached hydrogen (secondary N) is 1. The topological polar surface area (TPSA) is 191 Å². The fourth-order valence-corrected chi connectivity index (χ4v) is 3.06. The summed E-state index contributed by atoms with van der Waals surface area (Å²) in [5.74, 6) is -4.07. The number of hydrogen-bond donors (Lipinski definition) is 5. The van der Waals surface area contributed by atoms with Crippen LogP contribution in [0.25, 0.3) is 10.8 Å². The average molecular weight is 520 g/mol. The number of carboxylic acids is 4. The Bertz CT molecular complexity index is 1330. The lowest BCUT2D eigenvalue weighted by atomic mass is 10.1. The number of amidine groups is 1. The zero-order valence-corrected chi connectivity index (χ0v) is 19.8. The minimum Gasteiger partial charge on any atom is -0.478 e. The molecule has 1 aliphatic heterocycles. The van der Waals surface area contributed by atoms with Gasteiger partial charge in [-0.3, -0.25) is 4.99 Å². The van der Waals surface area contributed by atoms with Gasteiger partial charge in [0.25, 0.3) is 0 Å². The van der Waals surface area contributed by atoms with E-state index < -0.39 is 23.9 Å². The molecule has 12 heteroatoms. The van der Waals surface area contributed by atoms with Crippen LogP contribution in [0.2, 0.25) is 0 Å². The largest absolute Gasteiger partial charge is 0.478 e. The second kappa shape index (κ2) is 14.8. The molecule has 0 radical (unpaired) electrons. The molecule has 0 saturated heterocycles. The maximum atomic E-state index is 9.55. The van der Waals surface area contributed by atoms with E-state index in [0.717, 1.165) is 18.1 Å². The quantitative estimate of drug-likeness (QED) is 0.218. The summed E-state index contributed by atoms with van der Waals surface area (Å²) in [4.78, 5) is 46.9. The molecule has 0 unspecified atom stereocenters. The van der Waals surface area contributed by atoms with Gasteiger partial charge in [0.15, 0.2) is 0 Å². The van der Waals surface area contributed by atoms with Crippen molar-refractivity contribution in [3.63, 3.8) is 0 Å². The molecule has 0 atom stereocenters. The van der Waals surface area contributed by atoms with E-state index in [2.05, 4.69) is 63.8 Å². The minimum absolute atomic E-state index is 0.558. The highest BCUT2D eigenvalue weighted by molar-refractivity contribution is 6.26. The smallest absolute Gasteiger partial charge is 0.328 e. The minimum atomic E-state index is -1.26. The van der Waals surface area contributed by atoms with Crippen molar-refractivity contribution in [2.45, 2.75) is 6.54 Å². The molecule has 5 N–H and O–H groups in total. The third kappa shape index (κ3) is 10.00. The van der Waals surface area contributed by atoms with Gasteiger partial charge in [-0.05, 0) is 11.5 Å². The van der Waals surface area contributed by atoms with E-state index in [1.54, 1.807) is 6.20 Å². The predicted molar refractivity (Wildman–Crippen MR) is 139 cm³/mol. The van der Waals surface area contributed by atoms with Gasteiger partial charge in [-0.25, -0.2) is 24.2 Å². The first-order valence-corrected chi connectivity index (χ1v) is 10.9. The van der Waals surface area contributed by atoms with Crippen LogP contribution in [0.3, 0.4) is 0 Å². The van der Waals surface area contributed by atoms with Gasteiger partial charge < -0.3 is 30.3 Å². The number of aliphatic imine (C=N–C) groups is 1. The number of anilines is 1. The maximum absolute atomic E-state index is 9.55. The van der Waals surface area contributed by atoms with Crippen LogP contribution in [-0.4, -0.2) is 66.2 Å². The Morgan fingerprint density at radius 3 is 1.95 bits per heavy atom.